The van der Waals surface area contributed by atoms with E-state index in [4.69, 9.17) is 9.47 Å². The molecule has 2 aliphatic rings. The second-order valence-electron chi connectivity index (χ2n) is 6.97. The first-order valence-electron chi connectivity index (χ1n) is 9.42. The lowest BCUT2D eigenvalue weighted by molar-refractivity contribution is -0.132. The Morgan fingerprint density at radius 3 is 2.55 bits per heavy atom. The van der Waals surface area contributed by atoms with Crippen molar-refractivity contribution in [3.05, 3.63) is 88.2 Å². The van der Waals surface area contributed by atoms with Crippen LogP contribution in [0.4, 0.5) is 5.69 Å². The first-order valence-corrected chi connectivity index (χ1v) is 10.2. The van der Waals surface area contributed by atoms with Crippen molar-refractivity contribution < 1.29 is 24.2 Å². The highest BCUT2D eigenvalue weighted by atomic mass is 79.9. The van der Waals surface area contributed by atoms with Gasteiger partial charge in [0.25, 0.3) is 11.7 Å². The maximum absolute atomic E-state index is 13.1. The second kappa shape index (κ2) is 7.55. The lowest BCUT2D eigenvalue weighted by Gasteiger charge is -2.24. The van der Waals surface area contributed by atoms with Crippen LogP contribution in [0, 0.1) is 0 Å². The number of hydrogen-bond donors (Lipinski definition) is 1. The smallest absolute Gasteiger partial charge is 0.300 e. The van der Waals surface area contributed by atoms with Gasteiger partial charge in [0, 0.05) is 28.0 Å². The largest absolute Gasteiger partial charge is 0.507 e. The van der Waals surface area contributed by atoms with Crippen LogP contribution in [0.2, 0.25) is 0 Å². The van der Waals surface area contributed by atoms with E-state index in [0.717, 1.165) is 4.47 Å². The number of carbonyl (C=O) groups excluding carboxylic acids is 2. The standard InChI is InChI=1S/C23H15BrN2O5/c24-14-6-4-13(5-7-14)21(27)19-20(16-3-1-2-10-25-16)26(23(29)22(19)28)15-8-9-17-18(11-15)31-12-30-17/h1-11,20,27H,12H2/b21-19+. The van der Waals surface area contributed by atoms with Crippen LogP contribution in [0.5, 0.6) is 11.5 Å². The van der Waals surface area contributed by atoms with Gasteiger partial charge in [-0.05, 0) is 36.4 Å². The lowest BCUT2D eigenvalue weighted by Crippen LogP contribution is -2.29. The number of amides is 1. The number of Topliss-reactive ketones (excluding diaryl/α,β-unsaturated/α-hetero) is 1. The molecule has 0 radical (unpaired) electrons. The summed E-state index contributed by atoms with van der Waals surface area (Å²) in [5, 5.41) is 11.0. The molecule has 1 atom stereocenters. The summed E-state index contributed by atoms with van der Waals surface area (Å²) in [5.41, 5.74) is 1.30. The maximum atomic E-state index is 13.1. The van der Waals surface area contributed by atoms with Crippen LogP contribution >= 0.6 is 15.9 Å². The van der Waals surface area contributed by atoms with Crippen LogP contribution in [-0.4, -0.2) is 28.6 Å². The minimum absolute atomic E-state index is 0.0244. The fourth-order valence-corrected chi connectivity index (χ4v) is 3.98. The number of aromatic nitrogens is 1. The number of benzene rings is 2. The van der Waals surface area contributed by atoms with Gasteiger partial charge in [0.2, 0.25) is 6.79 Å². The van der Waals surface area contributed by atoms with Crippen molar-refractivity contribution in [2.45, 2.75) is 6.04 Å². The molecule has 3 heterocycles. The Kier molecular flexibility index (Phi) is 4.71. The number of aliphatic hydroxyl groups excluding tert-OH is 1. The number of carbonyl (C=O) groups is 2. The lowest BCUT2D eigenvalue weighted by atomic mass is 9.98. The van der Waals surface area contributed by atoms with Gasteiger partial charge in [-0.1, -0.05) is 34.1 Å². The van der Waals surface area contributed by atoms with E-state index in [9.17, 15) is 14.7 Å². The summed E-state index contributed by atoms with van der Waals surface area (Å²) < 4.78 is 11.6. The van der Waals surface area contributed by atoms with Gasteiger partial charge in [-0.15, -0.1) is 0 Å². The number of hydrogen-bond acceptors (Lipinski definition) is 6. The maximum Gasteiger partial charge on any atom is 0.300 e. The van der Waals surface area contributed by atoms with Gasteiger partial charge in [0.05, 0.1) is 11.3 Å². The molecule has 0 aliphatic carbocycles. The molecule has 1 fully saturated rings. The highest BCUT2D eigenvalue weighted by Gasteiger charge is 2.47. The van der Waals surface area contributed by atoms with Crippen LogP contribution in [0.3, 0.4) is 0 Å². The fourth-order valence-electron chi connectivity index (χ4n) is 3.71. The number of halogens is 1. The fraction of sp³-hybridized carbons (Fsp3) is 0.0870. The average molecular weight is 479 g/mol. The van der Waals surface area contributed by atoms with E-state index in [1.807, 2.05) is 0 Å². The first kappa shape index (κ1) is 19.3. The van der Waals surface area contributed by atoms with Crippen LogP contribution in [0.1, 0.15) is 17.3 Å². The topological polar surface area (TPSA) is 89.0 Å². The first-order chi connectivity index (χ1) is 15.0. The Morgan fingerprint density at radius 2 is 1.81 bits per heavy atom. The molecule has 2 aliphatic heterocycles. The number of anilines is 1. The molecule has 31 heavy (non-hydrogen) atoms. The van der Waals surface area contributed by atoms with Gasteiger partial charge in [-0.2, -0.15) is 0 Å². The molecule has 5 rings (SSSR count). The molecule has 1 saturated heterocycles. The monoisotopic (exact) mass is 478 g/mol. The van der Waals surface area contributed by atoms with Crippen molar-refractivity contribution in [3.8, 4) is 11.5 Å². The van der Waals surface area contributed by atoms with E-state index in [0.29, 0.717) is 28.4 Å². The summed E-state index contributed by atoms with van der Waals surface area (Å²) in [5.74, 6) is -0.761. The predicted molar refractivity (Wildman–Crippen MR) is 116 cm³/mol. The molecule has 0 bridgehead atoms. The zero-order valence-corrected chi connectivity index (χ0v) is 17.6. The van der Waals surface area contributed by atoms with E-state index in [2.05, 4.69) is 20.9 Å². The quantitative estimate of drug-likeness (QED) is 0.344. The van der Waals surface area contributed by atoms with Crippen LogP contribution in [-0.2, 0) is 9.59 Å². The SMILES string of the molecule is O=C1C(=O)N(c2ccc3c(c2)OCO3)C(c2ccccn2)/C1=C(\O)c1ccc(Br)cc1. The van der Waals surface area contributed by atoms with E-state index < -0.39 is 17.7 Å². The van der Waals surface area contributed by atoms with E-state index in [1.54, 1.807) is 66.9 Å². The van der Waals surface area contributed by atoms with Gasteiger partial charge in [-0.25, -0.2) is 0 Å². The number of ketones is 1. The van der Waals surface area contributed by atoms with E-state index in [-0.39, 0.29) is 18.1 Å². The zero-order valence-electron chi connectivity index (χ0n) is 16.0. The van der Waals surface area contributed by atoms with E-state index >= 15 is 0 Å². The Bertz CT molecular complexity index is 1220. The van der Waals surface area contributed by atoms with Crippen molar-refractivity contribution in [2.24, 2.45) is 0 Å². The van der Waals surface area contributed by atoms with Gasteiger partial charge in [-0.3, -0.25) is 19.5 Å². The number of nitrogens with zero attached hydrogens (tertiary/aromatic N) is 2. The molecule has 0 saturated carbocycles. The second-order valence-corrected chi connectivity index (χ2v) is 7.88. The highest BCUT2D eigenvalue weighted by molar-refractivity contribution is 9.10. The molecule has 7 nitrogen and oxygen atoms in total. The molecule has 1 N–H and O–H groups in total. The Morgan fingerprint density at radius 1 is 1.03 bits per heavy atom. The van der Waals surface area contributed by atoms with Crippen LogP contribution in [0.15, 0.2) is 76.9 Å². The molecular weight excluding hydrogens is 464 g/mol. The molecule has 8 heteroatoms. The van der Waals surface area contributed by atoms with Gasteiger partial charge in [0.15, 0.2) is 11.5 Å². The van der Waals surface area contributed by atoms with Crippen LogP contribution < -0.4 is 14.4 Å². The summed E-state index contributed by atoms with van der Waals surface area (Å²) >= 11 is 3.35. The van der Waals surface area contributed by atoms with Crippen LogP contribution in [0.25, 0.3) is 5.76 Å². The van der Waals surface area contributed by atoms with Crippen molar-refractivity contribution >= 4 is 39.1 Å². The number of rotatable bonds is 3. The van der Waals surface area contributed by atoms with Crippen molar-refractivity contribution in [3.63, 3.8) is 0 Å². The Labute approximate surface area is 185 Å². The van der Waals surface area contributed by atoms with Gasteiger partial charge < -0.3 is 14.6 Å². The Balaban J connectivity index is 1.70. The Hall–Kier alpha value is -3.65. The molecule has 1 amide bonds. The van der Waals surface area contributed by atoms with Crippen molar-refractivity contribution in [1.82, 2.24) is 4.98 Å². The molecule has 2 aromatic carbocycles. The predicted octanol–water partition coefficient (Wildman–Crippen LogP) is 4.20. The number of ether oxygens (including phenoxy) is 2. The molecule has 1 unspecified atom stereocenters. The number of pyridine rings is 1. The molecule has 0 spiro atoms. The summed E-state index contributed by atoms with van der Waals surface area (Å²) in [7, 11) is 0. The van der Waals surface area contributed by atoms with Gasteiger partial charge >= 0.3 is 0 Å². The molecule has 3 aromatic rings. The number of aliphatic hydroxyl groups is 1. The molecule has 1 aromatic heterocycles. The molecule has 154 valence electrons. The number of fused-ring (bicyclic) bond motifs is 1. The van der Waals surface area contributed by atoms with Gasteiger partial charge in [0.1, 0.15) is 11.8 Å². The van der Waals surface area contributed by atoms with Crippen molar-refractivity contribution in [1.29, 1.82) is 0 Å². The zero-order chi connectivity index (χ0) is 21.5. The third-order valence-corrected chi connectivity index (χ3v) is 5.69. The third-order valence-electron chi connectivity index (χ3n) is 5.16. The highest BCUT2D eigenvalue weighted by Crippen LogP contribution is 2.44. The summed E-state index contributed by atoms with van der Waals surface area (Å²) in [6.45, 7) is 0.0881. The van der Waals surface area contributed by atoms with Crippen molar-refractivity contribution in [2.75, 3.05) is 11.7 Å². The van der Waals surface area contributed by atoms with E-state index in [1.165, 1.54) is 4.90 Å². The minimum atomic E-state index is -0.898. The minimum Gasteiger partial charge on any atom is -0.507 e. The normalized spacial score (nSPS) is 19.1. The average Bonchev–Trinajstić information content (AvgIpc) is 3.36. The summed E-state index contributed by atoms with van der Waals surface area (Å²) in [4.78, 5) is 31.9. The summed E-state index contributed by atoms with van der Waals surface area (Å²) in [6.07, 6.45) is 1.58. The summed E-state index contributed by atoms with van der Waals surface area (Å²) in [6, 6.07) is 16.2. The molecular formula is C23H15BrN2O5. The third kappa shape index (κ3) is 3.25.